The molecule has 0 atom stereocenters. The number of nitrogen functional groups attached to an aromatic ring is 1. The van der Waals surface area contributed by atoms with Crippen molar-refractivity contribution < 1.29 is 4.74 Å². The second-order valence-electron chi connectivity index (χ2n) is 4.88. The quantitative estimate of drug-likeness (QED) is 0.856. The predicted octanol–water partition coefficient (Wildman–Crippen LogP) is 3.56. The molecule has 2 aromatic carbocycles. The van der Waals surface area contributed by atoms with Gasteiger partial charge in [-0.3, -0.25) is 4.90 Å². The van der Waals surface area contributed by atoms with Gasteiger partial charge in [0.25, 0.3) is 0 Å². The van der Waals surface area contributed by atoms with Crippen molar-refractivity contribution in [1.82, 2.24) is 4.90 Å². The summed E-state index contributed by atoms with van der Waals surface area (Å²) in [6.45, 7) is 1.66. The van der Waals surface area contributed by atoms with Crippen molar-refractivity contribution >= 4 is 17.3 Å². The van der Waals surface area contributed by atoms with Crippen molar-refractivity contribution in [2.45, 2.75) is 13.1 Å². The number of halogens is 1. The lowest BCUT2D eigenvalue weighted by Crippen LogP contribution is -2.17. The summed E-state index contributed by atoms with van der Waals surface area (Å²) in [6.07, 6.45) is 0. The van der Waals surface area contributed by atoms with Crippen LogP contribution in [0, 0.1) is 0 Å². The van der Waals surface area contributed by atoms with Gasteiger partial charge >= 0.3 is 0 Å². The SMILES string of the molecule is COc1cccc(CN(C)Cc2ccc(N)c(Cl)c2)c1. The minimum atomic E-state index is 0.609. The number of benzene rings is 2. The summed E-state index contributed by atoms with van der Waals surface area (Å²) in [6, 6.07) is 13.9. The Bertz CT molecular complexity index is 586. The van der Waals surface area contributed by atoms with Crippen LogP contribution < -0.4 is 10.5 Å². The van der Waals surface area contributed by atoms with E-state index in [1.165, 1.54) is 5.56 Å². The Morgan fingerprint density at radius 3 is 2.45 bits per heavy atom. The zero-order valence-electron chi connectivity index (χ0n) is 11.8. The lowest BCUT2D eigenvalue weighted by atomic mass is 10.1. The predicted molar refractivity (Wildman–Crippen MR) is 84.0 cm³/mol. The Balaban J connectivity index is 2.00. The molecule has 0 fully saturated rings. The molecule has 0 aliphatic heterocycles. The van der Waals surface area contributed by atoms with Gasteiger partial charge in [0.15, 0.2) is 0 Å². The van der Waals surface area contributed by atoms with Crippen LogP contribution in [-0.4, -0.2) is 19.1 Å². The molecule has 4 heteroatoms. The van der Waals surface area contributed by atoms with Gasteiger partial charge in [-0.15, -0.1) is 0 Å². The standard InChI is InChI=1S/C16H19ClN2O/c1-19(10-12-4-3-5-14(8-12)20-2)11-13-6-7-16(18)15(17)9-13/h3-9H,10-11,18H2,1-2H3. The van der Waals surface area contributed by atoms with Crippen molar-refractivity contribution in [3.8, 4) is 5.75 Å². The Morgan fingerprint density at radius 1 is 1.10 bits per heavy atom. The number of ether oxygens (including phenoxy) is 1. The van der Waals surface area contributed by atoms with Gasteiger partial charge in [0.2, 0.25) is 0 Å². The maximum atomic E-state index is 6.04. The summed E-state index contributed by atoms with van der Waals surface area (Å²) >= 11 is 6.04. The molecule has 0 aromatic heterocycles. The van der Waals surface area contributed by atoms with Crippen LogP contribution in [0.4, 0.5) is 5.69 Å². The van der Waals surface area contributed by atoms with Crippen LogP contribution in [0.1, 0.15) is 11.1 Å². The number of rotatable bonds is 5. The van der Waals surface area contributed by atoms with Crippen molar-refractivity contribution in [3.63, 3.8) is 0 Å². The molecule has 0 radical (unpaired) electrons. The molecule has 0 aliphatic rings. The molecule has 0 unspecified atom stereocenters. The van der Waals surface area contributed by atoms with E-state index in [1.807, 2.05) is 36.4 Å². The summed E-state index contributed by atoms with van der Waals surface area (Å²) in [5.74, 6) is 0.881. The minimum absolute atomic E-state index is 0.609. The number of hydrogen-bond acceptors (Lipinski definition) is 3. The van der Waals surface area contributed by atoms with Crippen LogP contribution in [0.5, 0.6) is 5.75 Å². The van der Waals surface area contributed by atoms with Crippen LogP contribution >= 0.6 is 11.6 Å². The molecule has 0 saturated carbocycles. The van der Waals surface area contributed by atoms with Gasteiger partial charge in [0, 0.05) is 13.1 Å². The number of nitrogens with two attached hydrogens (primary N) is 1. The molecule has 0 saturated heterocycles. The van der Waals surface area contributed by atoms with Gasteiger partial charge in [-0.2, -0.15) is 0 Å². The third-order valence-corrected chi connectivity index (χ3v) is 3.43. The van der Waals surface area contributed by atoms with Gasteiger partial charge in [-0.25, -0.2) is 0 Å². The molecular weight excluding hydrogens is 272 g/mol. The van der Waals surface area contributed by atoms with E-state index < -0.39 is 0 Å². The molecule has 20 heavy (non-hydrogen) atoms. The van der Waals surface area contributed by atoms with Gasteiger partial charge in [-0.1, -0.05) is 29.8 Å². The lowest BCUT2D eigenvalue weighted by Gasteiger charge is -2.17. The average Bonchev–Trinajstić information content (AvgIpc) is 2.43. The molecule has 0 aliphatic carbocycles. The van der Waals surface area contributed by atoms with Crippen molar-refractivity contribution in [3.05, 3.63) is 58.6 Å². The van der Waals surface area contributed by atoms with Crippen molar-refractivity contribution in [2.75, 3.05) is 19.9 Å². The normalized spacial score (nSPS) is 10.8. The zero-order chi connectivity index (χ0) is 14.5. The fourth-order valence-electron chi connectivity index (χ4n) is 2.12. The summed E-state index contributed by atoms with van der Waals surface area (Å²) in [7, 11) is 3.75. The van der Waals surface area contributed by atoms with E-state index in [4.69, 9.17) is 22.1 Å². The largest absolute Gasteiger partial charge is 0.497 e. The molecule has 2 N–H and O–H groups in total. The molecule has 2 aromatic rings. The second-order valence-corrected chi connectivity index (χ2v) is 5.29. The van der Waals surface area contributed by atoms with E-state index >= 15 is 0 Å². The van der Waals surface area contributed by atoms with E-state index in [0.29, 0.717) is 10.7 Å². The molecule has 2 rings (SSSR count). The van der Waals surface area contributed by atoms with Gasteiger partial charge in [-0.05, 0) is 42.4 Å². The zero-order valence-corrected chi connectivity index (χ0v) is 12.5. The average molecular weight is 291 g/mol. The Morgan fingerprint density at radius 2 is 1.80 bits per heavy atom. The van der Waals surface area contributed by atoms with Gasteiger partial charge < -0.3 is 10.5 Å². The van der Waals surface area contributed by atoms with Crippen molar-refractivity contribution in [1.29, 1.82) is 0 Å². The molecule has 3 nitrogen and oxygen atoms in total. The highest BCUT2D eigenvalue weighted by Crippen LogP contribution is 2.21. The maximum absolute atomic E-state index is 6.04. The topological polar surface area (TPSA) is 38.5 Å². The summed E-state index contributed by atoms with van der Waals surface area (Å²) in [4.78, 5) is 2.22. The fourth-order valence-corrected chi connectivity index (χ4v) is 2.32. The first kappa shape index (κ1) is 14.7. The van der Waals surface area contributed by atoms with Crippen molar-refractivity contribution in [2.24, 2.45) is 0 Å². The first-order valence-electron chi connectivity index (χ1n) is 6.44. The van der Waals surface area contributed by atoms with E-state index in [-0.39, 0.29) is 0 Å². The summed E-state index contributed by atoms with van der Waals surface area (Å²) < 4.78 is 5.23. The van der Waals surface area contributed by atoms with E-state index in [2.05, 4.69) is 18.0 Å². The first-order chi connectivity index (χ1) is 9.58. The minimum Gasteiger partial charge on any atom is -0.497 e. The summed E-state index contributed by atoms with van der Waals surface area (Å²) in [5.41, 5.74) is 8.70. The first-order valence-corrected chi connectivity index (χ1v) is 6.81. The summed E-state index contributed by atoms with van der Waals surface area (Å²) in [5, 5.41) is 0.609. The Kier molecular flexibility index (Phi) is 4.88. The van der Waals surface area contributed by atoms with E-state index in [9.17, 15) is 0 Å². The molecular formula is C16H19ClN2O. The highest BCUT2D eigenvalue weighted by atomic mass is 35.5. The molecule has 0 spiro atoms. The van der Waals surface area contributed by atoms with Crippen LogP contribution in [0.15, 0.2) is 42.5 Å². The second kappa shape index (κ2) is 6.64. The Labute approximate surface area is 124 Å². The molecule has 106 valence electrons. The van der Waals surface area contributed by atoms with Crippen LogP contribution in [0.3, 0.4) is 0 Å². The third kappa shape index (κ3) is 3.89. The highest BCUT2D eigenvalue weighted by molar-refractivity contribution is 6.33. The number of anilines is 1. The smallest absolute Gasteiger partial charge is 0.119 e. The molecule has 0 amide bonds. The van der Waals surface area contributed by atoms with Crippen LogP contribution in [0.2, 0.25) is 5.02 Å². The fraction of sp³-hybridized carbons (Fsp3) is 0.250. The van der Waals surface area contributed by atoms with Crippen LogP contribution in [0.25, 0.3) is 0 Å². The van der Waals surface area contributed by atoms with Gasteiger partial charge in [0.05, 0.1) is 17.8 Å². The van der Waals surface area contributed by atoms with E-state index in [1.54, 1.807) is 7.11 Å². The molecule has 0 heterocycles. The van der Waals surface area contributed by atoms with Crippen LogP contribution in [-0.2, 0) is 13.1 Å². The highest BCUT2D eigenvalue weighted by Gasteiger charge is 2.05. The van der Waals surface area contributed by atoms with Gasteiger partial charge in [0.1, 0.15) is 5.75 Å². The maximum Gasteiger partial charge on any atom is 0.119 e. The number of methoxy groups -OCH3 is 1. The Hall–Kier alpha value is -1.71. The monoisotopic (exact) mass is 290 g/mol. The number of nitrogens with zero attached hydrogens (tertiary/aromatic N) is 1. The number of hydrogen-bond donors (Lipinski definition) is 1. The lowest BCUT2D eigenvalue weighted by molar-refractivity contribution is 0.318. The third-order valence-electron chi connectivity index (χ3n) is 3.10. The van der Waals surface area contributed by atoms with E-state index in [0.717, 1.165) is 24.4 Å². The molecule has 0 bridgehead atoms.